The molecule has 152 valence electrons. The first kappa shape index (κ1) is 20.1. The minimum atomic E-state index is -3.50. The molecule has 0 radical (unpaired) electrons. The molecule has 1 aliphatic heterocycles. The van der Waals surface area contributed by atoms with Gasteiger partial charge in [0.05, 0.1) is 4.90 Å². The molecule has 0 saturated carbocycles. The van der Waals surface area contributed by atoms with Crippen molar-refractivity contribution < 1.29 is 12.8 Å². The Balaban J connectivity index is 1.50. The monoisotopic (exact) mass is 429 g/mol. The summed E-state index contributed by atoms with van der Waals surface area (Å²) in [6.07, 6.45) is 2.89. The third-order valence-electron chi connectivity index (χ3n) is 4.89. The van der Waals surface area contributed by atoms with E-state index in [1.54, 1.807) is 28.6 Å². The molecule has 1 saturated heterocycles. The molecule has 0 unspecified atom stereocenters. The van der Waals surface area contributed by atoms with Crippen LogP contribution in [0.4, 0.5) is 0 Å². The van der Waals surface area contributed by atoms with Gasteiger partial charge in [0.1, 0.15) is 0 Å². The van der Waals surface area contributed by atoms with Crippen molar-refractivity contribution in [1.82, 2.24) is 14.5 Å². The van der Waals surface area contributed by atoms with Gasteiger partial charge < -0.3 is 4.42 Å². The molecular formula is C21H23N3O3S2. The van der Waals surface area contributed by atoms with Gasteiger partial charge in [-0.25, -0.2) is 8.42 Å². The Hall–Kier alpha value is -2.16. The Morgan fingerprint density at radius 2 is 1.83 bits per heavy atom. The number of hydrogen-bond acceptors (Lipinski definition) is 6. The predicted molar refractivity (Wildman–Crippen MR) is 113 cm³/mol. The maximum Gasteiger partial charge on any atom is 0.277 e. The van der Waals surface area contributed by atoms with E-state index in [1.165, 1.54) is 22.9 Å². The van der Waals surface area contributed by atoms with Gasteiger partial charge in [0.25, 0.3) is 5.22 Å². The molecule has 6 nitrogen and oxygen atoms in total. The van der Waals surface area contributed by atoms with Gasteiger partial charge in [0, 0.05) is 24.4 Å². The van der Waals surface area contributed by atoms with Gasteiger partial charge in [-0.2, -0.15) is 4.31 Å². The van der Waals surface area contributed by atoms with Gasteiger partial charge in [-0.15, -0.1) is 10.2 Å². The fraction of sp³-hybridized carbons (Fsp3) is 0.333. The van der Waals surface area contributed by atoms with Crippen LogP contribution in [0.3, 0.4) is 0 Å². The molecule has 3 aromatic rings. The maximum absolute atomic E-state index is 12.9. The van der Waals surface area contributed by atoms with Crippen LogP contribution < -0.4 is 0 Å². The van der Waals surface area contributed by atoms with Crippen molar-refractivity contribution in [3.05, 3.63) is 59.7 Å². The summed E-state index contributed by atoms with van der Waals surface area (Å²) in [6.45, 7) is 3.21. The lowest BCUT2D eigenvalue weighted by atomic mass is 10.2. The van der Waals surface area contributed by atoms with E-state index in [0.717, 1.165) is 25.0 Å². The van der Waals surface area contributed by atoms with Crippen molar-refractivity contribution >= 4 is 21.8 Å². The second-order valence-electron chi connectivity index (χ2n) is 7.14. The number of sulfonamides is 1. The van der Waals surface area contributed by atoms with Crippen molar-refractivity contribution in [2.45, 2.75) is 42.1 Å². The zero-order valence-electron chi connectivity index (χ0n) is 16.2. The Morgan fingerprint density at radius 3 is 2.62 bits per heavy atom. The molecular weight excluding hydrogens is 406 g/mol. The molecule has 8 heteroatoms. The van der Waals surface area contributed by atoms with Crippen LogP contribution in [0.15, 0.2) is 63.1 Å². The summed E-state index contributed by atoms with van der Waals surface area (Å²) >= 11 is 1.46. The highest BCUT2D eigenvalue weighted by Gasteiger charge is 2.26. The number of benzene rings is 2. The van der Waals surface area contributed by atoms with E-state index in [9.17, 15) is 8.42 Å². The summed E-state index contributed by atoms with van der Waals surface area (Å²) in [6, 6.07) is 15.0. The fourth-order valence-corrected chi connectivity index (χ4v) is 5.65. The lowest BCUT2D eigenvalue weighted by Gasteiger charge is -2.25. The van der Waals surface area contributed by atoms with Crippen LogP contribution in [-0.2, 0) is 15.8 Å². The summed E-state index contributed by atoms with van der Waals surface area (Å²) in [7, 11) is -3.50. The highest BCUT2D eigenvalue weighted by Crippen LogP contribution is 2.28. The average Bonchev–Trinajstić information content (AvgIpc) is 3.22. The van der Waals surface area contributed by atoms with Crippen LogP contribution in [-0.4, -0.2) is 36.0 Å². The first-order chi connectivity index (χ1) is 14.0. The van der Waals surface area contributed by atoms with Crippen molar-refractivity contribution in [3.8, 4) is 11.5 Å². The number of aryl methyl sites for hydroxylation is 1. The maximum atomic E-state index is 12.9. The minimum absolute atomic E-state index is 0.268. The van der Waals surface area contributed by atoms with E-state index in [4.69, 9.17) is 4.42 Å². The van der Waals surface area contributed by atoms with Crippen molar-refractivity contribution in [2.75, 3.05) is 13.1 Å². The molecule has 4 rings (SSSR count). The molecule has 0 aliphatic carbocycles. The summed E-state index contributed by atoms with van der Waals surface area (Å²) in [4.78, 5) is 0.268. The van der Waals surface area contributed by atoms with Crippen LogP contribution in [0.25, 0.3) is 11.5 Å². The smallest absolute Gasteiger partial charge is 0.277 e. The first-order valence-corrected chi connectivity index (χ1v) is 12.1. The molecule has 1 aromatic heterocycles. The fourth-order valence-electron chi connectivity index (χ4n) is 3.38. The molecule has 1 fully saturated rings. The summed E-state index contributed by atoms with van der Waals surface area (Å²) in [5.41, 5.74) is 3.00. The summed E-state index contributed by atoms with van der Waals surface area (Å²) < 4.78 is 33.2. The van der Waals surface area contributed by atoms with Crippen LogP contribution in [0.1, 0.15) is 30.4 Å². The van der Waals surface area contributed by atoms with Gasteiger partial charge in [0.2, 0.25) is 15.9 Å². The molecule has 0 spiro atoms. The van der Waals surface area contributed by atoms with Crippen molar-refractivity contribution in [1.29, 1.82) is 0 Å². The molecule has 0 bridgehead atoms. The topological polar surface area (TPSA) is 76.3 Å². The SMILES string of the molecule is Cc1cccc(CSc2nnc(-c3cccc(S(=O)(=O)N4CCCCC4)c3)o2)c1. The standard InChI is InChI=1S/C21H23N3O3S2/c1-16-7-5-8-17(13-16)15-28-21-23-22-20(27-21)18-9-6-10-19(14-18)29(25,26)24-11-3-2-4-12-24/h5-10,13-14H,2-4,11-12,15H2,1H3. The summed E-state index contributed by atoms with van der Waals surface area (Å²) in [5.74, 6) is 1.06. The third kappa shape index (κ3) is 4.71. The number of rotatable bonds is 6. The van der Waals surface area contributed by atoms with E-state index >= 15 is 0 Å². The molecule has 2 heterocycles. The molecule has 2 aromatic carbocycles. The van der Waals surface area contributed by atoms with Gasteiger partial charge in [-0.05, 0) is 43.5 Å². The molecule has 1 aliphatic rings. The molecule has 0 amide bonds. The highest BCUT2D eigenvalue weighted by atomic mass is 32.2. The Bertz CT molecular complexity index is 1090. The summed E-state index contributed by atoms with van der Waals surface area (Å²) in [5, 5.41) is 8.67. The largest absolute Gasteiger partial charge is 0.411 e. The van der Waals surface area contributed by atoms with E-state index < -0.39 is 10.0 Å². The zero-order chi connectivity index (χ0) is 20.3. The number of nitrogens with zero attached hydrogens (tertiary/aromatic N) is 3. The number of thioether (sulfide) groups is 1. The van der Waals surface area contributed by atoms with Crippen LogP contribution in [0.5, 0.6) is 0 Å². The first-order valence-electron chi connectivity index (χ1n) is 9.65. The second-order valence-corrected chi connectivity index (χ2v) is 10.0. The van der Waals surface area contributed by atoms with E-state index in [2.05, 4.69) is 35.3 Å². The third-order valence-corrected chi connectivity index (χ3v) is 7.67. The van der Waals surface area contributed by atoms with Crippen LogP contribution in [0, 0.1) is 6.92 Å². The van der Waals surface area contributed by atoms with Gasteiger partial charge in [-0.1, -0.05) is 54.1 Å². The molecule has 29 heavy (non-hydrogen) atoms. The van der Waals surface area contributed by atoms with Crippen molar-refractivity contribution in [2.24, 2.45) is 0 Å². The van der Waals surface area contributed by atoms with E-state index in [0.29, 0.717) is 29.8 Å². The number of aromatic nitrogens is 2. The van der Waals surface area contributed by atoms with E-state index in [1.807, 2.05) is 6.07 Å². The zero-order valence-corrected chi connectivity index (χ0v) is 17.9. The molecule has 0 atom stereocenters. The Labute approximate surface area is 175 Å². The lowest BCUT2D eigenvalue weighted by Crippen LogP contribution is -2.35. The quantitative estimate of drug-likeness (QED) is 0.537. The number of hydrogen-bond donors (Lipinski definition) is 0. The minimum Gasteiger partial charge on any atom is -0.411 e. The molecule has 0 N–H and O–H groups in total. The highest BCUT2D eigenvalue weighted by molar-refractivity contribution is 7.98. The van der Waals surface area contributed by atoms with E-state index in [-0.39, 0.29) is 4.90 Å². The lowest BCUT2D eigenvalue weighted by molar-refractivity contribution is 0.346. The van der Waals surface area contributed by atoms with Gasteiger partial charge in [-0.3, -0.25) is 0 Å². The number of piperidine rings is 1. The predicted octanol–water partition coefficient (Wildman–Crippen LogP) is 4.51. The normalized spacial score (nSPS) is 15.5. The van der Waals surface area contributed by atoms with Crippen LogP contribution in [0.2, 0.25) is 0 Å². The van der Waals surface area contributed by atoms with Gasteiger partial charge in [0.15, 0.2) is 0 Å². The second kappa shape index (κ2) is 8.69. The Kier molecular flexibility index (Phi) is 6.03. The van der Waals surface area contributed by atoms with Gasteiger partial charge >= 0.3 is 0 Å². The van der Waals surface area contributed by atoms with Crippen LogP contribution >= 0.6 is 11.8 Å². The average molecular weight is 430 g/mol. The Morgan fingerprint density at radius 1 is 1.03 bits per heavy atom. The van der Waals surface area contributed by atoms with Crippen molar-refractivity contribution in [3.63, 3.8) is 0 Å².